The molecule has 114 heavy (non-hydrogen) atoms. The van der Waals surface area contributed by atoms with Gasteiger partial charge < -0.3 is 18.3 Å². The minimum absolute atomic E-state index is 0.575. The van der Waals surface area contributed by atoms with E-state index in [9.17, 15) is 0 Å². The summed E-state index contributed by atoms with van der Waals surface area (Å²) in [6.07, 6.45) is 0. The zero-order valence-electron chi connectivity index (χ0n) is 61.4. The van der Waals surface area contributed by atoms with E-state index >= 15 is 0 Å². The molecule has 10 nitrogen and oxygen atoms in total. The highest BCUT2D eigenvalue weighted by molar-refractivity contribution is 6.26. The Hall–Kier alpha value is -15.5. The van der Waals surface area contributed by atoms with Crippen LogP contribution in [0, 0.1) is 0 Å². The zero-order valence-corrected chi connectivity index (χ0v) is 61.4. The van der Waals surface area contributed by atoms with Crippen LogP contribution in [0.5, 0.6) is 0 Å². The molecule has 0 unspecified atom stereocenters. The normalized spacial score (nSPS) is 11.9. The first-order chi connectivity index (χ1) is 56.5. The lowest BCUT2D eigenvalue weighted by atomic mass is 9.95. The molecule has 0 atom stereocenters. The van der Waals surface area contributed by atoms with E-state index in [2.05, 4.69) is 334 Å². The SMILES string of the molecule is c1ccc(-c2ccc(-n3c4ccc(-c5cccc6c5c5cc7ccccc7c(-c7nc(-c8ccccc8)nc(-c8ccccc8)n7)c5n6-c5ccc6c7ccccc7n(-c7ccccc7)c6c5)cc4c4ccc(-n5c6ccccc6c6cc7ccccc7c(-c7nc(-c8ccccc8)nc(-c8ccccc8)n7)c65)cc43)cc2)cc1. The Morgan fingerprint density at radius 1 is 0.167 bits per heavy atom. The molecule has 23 aromatic rings. The standard InChI is InChI=1S/C104H64N10/c1-7-28-65(29-8-1)66-50-53-75(54-51-66)112-90-59-52-73(60-85(90)84-58-56-76(63-93(84)112)113-89-48-26-24-45-82(89)86-61-71-38-19-21-42-79(71)95(97(86)113)103-107-99(67-30-9-2-10-31-67)105-100(108-103)68-32-11-3-12-33-68)78-46-27-49-91-94(78)87-62-72-39-20-22-43-80(72)96(104-109-101(69-34-13-4-14-35-69)106-102(110-104)70-36-15-5-16-37-70)98(87)114(91)77-55-57-83-81-44-23-25-47-88(81)111(92(83)64-77)74-40-17-6-18-41-74/h1-64H. The number of hydrogen-bond acceptors (Lipinski definition) is 6. The Balaban J connectivity index is 0.793. The summed E-state index contributed by atoms with van der Waals surface area (Å²) in [5.41, 5.74) is 22.4. The third kappa shape index (κ3) is 10.4. The number of benzene rings is 17. The number of para-hydroxylation sites is 3. The summed E-state index contributed by atoms with van der Waals surface area (Å²) in [5.74, 6) is 3.54. The molecule has 530 valence electrons. The monoisotopic (exact) mass is 1450 g/mol. The van der Waals surface area contributed by atoms with Crippen molar-refractivity contribution in [2.45, 2.75) is 0 Å². The van der Waals surface area contributed by atoms with Gasteiger partial charge >= 0.3 is 0 Å². The van der Waals surface area contributed by atoms with Gasteiger partial charge in [0.25, 0.3) is 0 Å². The van der Waals surface area contributed by atoms with Crippen LogP contribution >= 0.6 is 0 Å². The average molecular weight is 1450 g/mol. The van der Waals surface area contributed by atoms with Crippen molar-refractivity contribution in [1.29, 1.82) is 0 Å². The number of rotatable bonds is 12. The van der Waals surface area contributed by atoms with Gasteiger partial charge in [-0.25, -0.2) is 29.9 Å². The Morgan fingerprint density at radius 2 is 0.509 bits per heavy atom. The summed E-state index contributed by atoms with van der Waals surface area (Å²) in [6.45, 7) is 0. The maximum Gasteiger partial charge on any atom is 0.166 e. The fraction of sp³-hybridized carbons (Fsp3) is 0. The van der Waals surface area contributed by atoms with Gasteiger partial charge in [0.2, 0.25) is 0 Å². The van der Waals surface area contributed by atoms with Crippen molar-refractivity contribution in [3.8, 4) is 113 Å². The zero-order chi connectivity index (χ0) is 74.9. The van der Waals surface area contributed by atoms with Gasteiger partial charge in [-0.3, -0.25) is 0 Å². The molecular weight excluding hydrogens is 1390 g/mol. The highest BCUT2D eigenvalue weighted by atomic mass is 15.1. The molecule has 0 saturated heterocycles. The second kappa shape index (κ2) is 26.1. The van der Waals surface area contributed by atoms with Crippen molar-refractivity contribution < 1.29 is 0 Å². The van der Waals surface area contributed by atoms with Crippen LogP contribution in [0.2, 0.25) is 0 Å². The summed E-state index contributed by atoms with van der Waals surface area (Å²) in [5, 5.41) is 13.2. The Bertz CT molecular complexity index is 7690. The van der Waals surface area contributed by atoms with E-state index in [1.807, 2.05) is 72.8 Å². The van der Waals surface area contributed by atoms with E-state index in [1.165, 1.54) is 5.39 Å². The smallest absolute Gasteiger partial charge is 0.166 e. The molecule has 23 rings (SSSR count). The fourth-order valence-corrected chi connectivity index (χ4v) is 17.7. The molecule has 0 spiro atoms. The van der Waals surface area contributed by atoms with E-state index in [0.717, 1.165) is 182 Å². The first-order valence-corrected chi connectivity index (χ1v) is 38.6. The summed E-state index contributed by atoms with van der Waals surface area (Å²) >= 11 is 0. The van der Waals surface area contributed by atoms with E-state index in [1.54, 1.807) is 0 Å². The number of aromatic nitrogens is 10. The fourth-order valence-electron chi connectivity index (χ4n) is 17.7. The predicted octanol–water partition coefficient (Wildman–Crippen LogP) is 26.1. The second-order valence-corrected chi connectivity index (χ2v) is 29.3. The number of nitrogens with zero attached hydrogens (tertiary/aromatic N) is 10. The van der Waals surface area contributed by atoms with Crippen LogP contribution in [0.25, 0.3) is 222 Å². The third-order valence-electron chi connectivity index (χ3n) is 22.8. The molecule has 0 aliphatic rings. The molecule has 17 aromatic carbocycles. The molecule has 0 fully saturated rings. The van der Waals surface area contributed by atoms with Gasteiger partial charge in [-0.05, 0) is 135 Å². The molecule has 0 aliphatic carbocycles. The van der Waals surface area contributed by atoms with Crippen LogP contribution in [-0.2, 0) is 0 Å². The van der Waals surface area contributed by atoms with Gasteiger partial charge in [-0.2, -0.15) is 0 Å². The van der Waals surface area contributed by atoms with E-state index < -0.39 is 0 Å². The van der Waals surface area contributed by atoms with Crippen molar-refractivity contribution in [2.24, 2.45) is 0 Å². The van der Waals surface area contributed by atoms with Crippen molar-refractivity contribution in [3.63, 3.8) is 0 Å². The van der Waals surface area contributed by atoms with Crippen molar-refractivity contribution in [3.05, 3.63) is 388 Å². The molecule has 6 aromatic heterocycles. The maximum absolute atomic E-state index is 5.59. The van der Waals surface area contributed by atoms with Crippen LogP contribution in [-0.4, -0.2) is 48.2 Å². The molecule has 0 aliphatic heterocycles. The lowest BCUT2D eigenvalue weighted by Gasteiger charge is -2.16. The first-order valence-electron chi connectivity index (χ1n) is 38.6. The van der Waals surface area contributed by atoms with Crippen molar-refractivity contribution >= 4 is 109 Å². The van der Waals surface area contributed by atoms with Crippen molar-refractivity contribution in [2.75, 3.05) is 0 Å². The van der Waals surface area contributed by atoms with Gasteiger partial charge in [0.1, 0.15) is 0 Å². The molecule has 6 heterocycles. The minimum atomic E-state index is 0.575. The minimum Gasteiger partial charge on any atom is -0.309 e. The Labute approximate surface area is 654 Å². The van der Waals surface area contributed by atoms with Crippen molar-refractivity contribution in [1.82, 2.24) is 48.2 Å². The van der Waals surface area contributed by atoms with Crippen LogP contribution in [0.3, 0.4) is 0 Å². The number of fused-ring (bicyclic) bond motifs is 14. The molecule has 0 saturated carbocycles. The van der Waals surface area contributed by atoms with Gasteiger partial charge in [0.05, 0.1) is 55.3 Å². The van der Waals surface area contributed by atoms with Gasteiger partial charge in [0, 0.05) is 88.1 Å². The molecule has 10 heteroatoms. The maximum atomic E-state index is 5.59. The van der Waals surface area contributed by atoms with Gasteiger partial charge in [-0.15, -0.1) is 0 Å². The number of hydrogen-bond donors (Lipinski definition) is 0. The molecular formula is C104H64N10. The molecule has 0 bridgehead atoms. The Kier molecular flexibility index (Phi) is 14.8. The van der Waals surface area contributed by atoms with Crippen LogP contribution in [0.15, 0.2) is 388 Å². The Morgan fingerprint density at radius 3 is 1.03 bits per heavy atom. The molecule has 0 N–H and O–H groups in total. The first kappa shape index (κ1) is 64.5. The highest BCUT2D eigenvalue weighted by Gasteiger charge is 2.29. The van der Waals surface area contributed by atoms with Gasteiger partial charge in [0.15, 0.2) is 34.9 Å². The summed E-state index contributed by atoms with van der Waals surface area (Å²) < 4.78 is 9.79. The van der Waals surface area contributed by atoms with E-state index in [-0.39, 0.29) is 0 Å². The highest BCUT2D eigenvalue weighted by Crippen LogP contribution is 2.49. The predicted molar refractivity (Wildman–Crippen MR) is 469 cm³/mol. The summed E-state index contributed by atoms with van der Waals surface area (Å²) in [6, 6.07) is 139. The second-order valence-electron chi connectivity index (χ2n) is 29.3. The van der Waals surface area contributed by atoms with Crippen LogP contribution < -0.4 is 0 Å². The summed E-state index contributed by atoms with van der Waals surface area (Å²) in [7, 11) is 0. The third-order valence-corrected chi connectivity index (χ3v) is 22.8. The molecule has 0 radical (unpaired) electrons. The van der Waals surface area contributed by atoms with Gasteiger partial charge in [-0.1, -0.05) is 297 Å². The van der Waals surface area contributed by atoms with Crippen LogP contribution in [0.4, 0.5) is 0 Å². The topological polar surface area (TPSA) is 97.1 Å². The summed E-state index contributed by atoms with van der Waals surface area (Å²) in [4.78, 5) is 32.6. The quantitative estimate of drug-likeness (QED) is 0.121. The lowest BCUT2D eigenvalue weighted by molar-refractivity contribution is 1.07. The van der Waals surface area contributed by atoms with E-state index in [4.69, 9.17) is 29.9 Å². The van der Waals surface area contributed by atoms with Crippen LogP contribution in [0.1, 0.15) is 0 Å². The largest absolute Gasteiger partial charge is 0.309 e. The molecule has 0 amide bonds. The average Bonchev–Trinajstić information content (AvgIpc) is 1.51. The lowest BCUT2D eigenvalue weighted by Crippen LogP contribution is -2.03. The van der Waals surface area contributed by atoms with E-state index in [0.29, 0.717) is 34.9 Å².